The molecule has 4 aromatic rings. The van der Waals surface area contributed by atoms with E-state index >= 15 is 0 Å². The van der Waals surface area contributed by atoms with Gasteiger partial charge in [-0.3, -0.25) is 0 Å². The first-order valence-corrected chi connectivity index (χ1v) is 9.04. The zero-order valence-electron chi connectivity index (χ0n) is 16.1. The van der Waals surface area contributed by atoms with Crippen molar-refractivity contribution in [1.29, 1.82) is 0 Å². The quantitative estimate of drug-likeness (QED) is 0.451. The van der Waals surface area contributed by atoms with Gasteiger partial charge in [-0.2, -0.15) is 5.10 Å². The second kappa shape index (κ2) is 8.39. The molecule has 8 nitrogen and oxygen atoms in total. The number of aromatic nitrogens is 6. The third-order valence-corrected chi connectivity index (χ3v) is 4.37. The van der Waals surface area contributed by atoms with E-state index in [2.05, 4.69) is 20.4 Å². The molecule has 0 unspecified atom stereocenters. The molecule has 0 amide bonds. The first-order valence-electron chi connectivity index (χ1n) is 9.04. The maximum Gasteiger partial charge on any atom is 0.148 e. The molecule has 2 aromatic carbocycles. The van der Waals surface area contributed by atoms with Crippen LogP contribution in [0.2, 0.25) is 0 Å². The Kier molecular flexibility index (Phi) is 5.33. The average Bonchev–Trinajstić information content (AvgIpc) is 3.47. The topological polar surface area (TPSA) is 79.9 Å². The van der Waals surface area contributed by atoms with Gasteiger partial charge in [0.25, 0.3) is 0 Å². The fourth-order valence-corrected chi connectivity index (χ4v) is 2.84. The molecule has 0 saturated carbocycles. The minimum absolute atomic E-state index is 0.270. The van der Waals surface area contributed by atoms with Crippen molar-refractivity contribution in [2.24, 2.45) is 0 Å². The van der Waals surface area contributed by atoms with Gasteiger partial charge in [0.15, 0.2) is 0 Å². The van der Waals surface area contributed by atoms with Crippen molar-refractivity contribution in [3.63, 3.8) is 0 Å². The first kappa shape index (κ1) is 18.4. The minimum Gasteiger partial charge on any atom is -0.497 e. The van der Waals surface area contributed by atoms with Crippen molar-refractivity contribution in [3.8, 4) is 11.4 Å². The zero-order valence-corrected chi connectivity index (χ0v) is 16.1. The molecule has 146 valence electrons. The van der Waals surface area contributed by atoms with Crippen LogP contribution < -0.4 is 4.74 Å². The Morgan fingerprint density at radius 2 is 1.83 bits per heavy atom. The number of allylic oxidation sites excluding steroid dienone is 1. The van der Waals surface area contributed by atoms with Gasteiger partial charge in [0.05, 0.1) is 24.7 Å². The highest BCUT2D eigenvalue weighted by Gasteiger charge is 2.12. The predicted octanol–water partition coefficient (Wildman–Crippen LogP) is 3.43. The molecule has 0 radical (unpaired) electrons. The molecule has 0 fully saturated rings. The average molecular weight is 388 g/mol. The SMILES string of the molecule is COc1ccc(-n2cc(CO/C(=C(/C)n3cncn3)c3ccccc3)nn2)cc1. The van der Waals surface area contributed by atoms with E-state index in [-0.39, 0.29) is 6.61 Å². The summed E-state index contributed by atoms with van der Waals surface area (Å²) in [5, 5.41) is 12.6. The lowest BCUT2D eigenvalue weighted by Crippen LogP contribution is -2.02. The molecular formula is C21H20N6O2. The summed E-state index contributed by atoms with van der Waals surface area (Å²) in [5.41, 5.74) is 3.38. The van der Waals surface area contributed by atoms with E-state index in [9.17, 15) is 0 Å². The molecule has 0 bridgehead atoms. The molecule has 2 heterocycles. The van der Waals surface area contributed by atoms with Crippen LogP contribution in [0.15, 0.2) is 73.4 Å². The Labute approximate surface area is 168 Å². The van der Waals surface area contributed by atoms with Crippen LogP contribution in [0, 0.1) is 0 Å². The molecular weight excluding hydrogens is 368 g/mol. The highest BCUT2D eigenvalue weighted by molar-refractivity contribution is 5.77. The third-order valence-electron chi connectivity index (χ3n) is 4.37. The summed E-state index contributed by atoms with van der Waals surface area (Å²) in [5.74, 6) is 1.49. The van der Waals surface area contributed by atoms with Crippen molar-refractivity contribution >= 4 is 11.5 Å². The van der Waals surface area contributed by atoms with E-state index in [1.54, 1.807) is 22.8 Å². The van der Waals surface area contributed by atoms with Gasteiger partial charge in [-0.15, -0.1) is 5.10 Å². The van der Waals surface area contributed by atoms with Crippen molar-refractivity contribution in [2.75, 3.05) is 7.11 Å². The second-order valence-corrected chi connectivity index (χ2v) is 6.26. The molecule has 0 spiro atoms. The standard InChI is InChI=1S/C21H20N6O2/c1-16(27-15-22-14-23-27)21(17-6-4-3-5-7-17)29-13-18-12-26(25-24-18)19-8-10-20(28-2)11-9-19/h3-12,14-15H,13H2,1-2H3/b21-16-. The fourth-order valence-electron chi connectivity index (χ4n) is 2.84. The van der Waals surface area contributed by atoms with Crippen LogP contribution in [0.4, 0.5) is 0 Å². The van der Waals surface area contributed by atoms with E-state index in [1.807, 2.05) is 67.7 Å². The van der Waals surface area contributed by atoms with E-state index in [4.69, 9.17) is 9.47 Å². The molecule has 0 N–H and O–H groups in total. The van der Waals surface area contributed by atoms with Gasteiger partial charge in [0, 0.05) is 5.56 Å². The molecule has 0 aliphatic rings. The summed E-state index contributed by atoms with van der Waals surface area (Å²) in [6.45, 7) is 2.21. The highest BCUT2D eigenvalue weighted by Crippen LogP contribution is 2.24. The van der Waals surface area contributed by atoms with E-state index in [0.717, 1.165) is 22.7 Å². The van der Waals surface area contributed by atoms with Gasteiger partial charge in [-0.05, 0) is 31.2 Å². The number of hydrogen-bond donors (Lipinski definition) is 0. The summed E-state index contributed by atoms with van der Waals surface area (Å²) in [6, 6.07) is 17.5. The second-order valence-electron chi connectivity index (χ2n) is 6.26. The number of ether oxygens (including phenoxy) is 2. The van der Waals surface area contributed by atoms with Gasteiger partial charge in [-0.25, -0.2) is 14.3 Å². The summed E-state index contributed by atoms with van der Waals surface area (Å²) in [4.78, 5) is 4.01. The van der Waals surface area contributed by atoms with Crippen molar-refractivity contribution in [1.82, 2.24) is 29.8 Å². The summed E-state index contributed by atoms with van der Waals surface area (Å²) in [6.07, 6.45) is 4.98. The molecule has 0 atom stereocenters. The van der Waals surface area contributed by atoms with Gasteiger partial charge >= 0.3 is 0 Å². The Morgan fingerprint density at radius 3 is 2.52 bits per heavy atom. The number of nitrogens with zero attached hydrogens (tertiary/aromatic N) is 6. The van der Waals surface area contributed by atoms with Gasteiger partial charge in [0.2, 0.25) is 0 Å². The summed E-state index contributed by atoms with van der Waals surface area (Å²) in [7, 11) is 1.64. The summed E-state index contributed by atoms with van der Waals surface area (Å²) >= 11 is 0. The molecule has 0 aliphatic carbocycles. The van der Waals surface area contributed by atoms with Crippen molar-refractivity contribution < 1.29 is 9.47 Å². The fraction of sp³-hybridized carbons (Fsp3) is 0.143. The van der Waals surface area contributed by atoms with Crippen molar-refractivity contribution in [3.05, 3.63) is 84.7 Å². The van der Waals surface area contributed by atoms with Crippen LogP contribution in [0.1, 0.15) is 18.2 Å². The minimum atomic E-state index is 0.270. The first-order chi connectivity index (χ1) is 14.2. The lowest BCUT2D eigenvalue weighted by atomic mass is 10.1. The maximum absolute atomic E-state index is 6.14. The number of methoxy groups -OCH3 is 1. The maximum atomic E-state index is 6.14. The van der Waals surface area contributed by atoms with E-state index in [1.165, 1.54) is 6.33 Å². The molecule has 2 aromatic heterocycles. The van der Waals surface area contributed by atoms with Gasteiger partial charge < -0.3 is 9.47 Å². The Morgan fingerprint density at radius 1 is 1.03 bits per heavy atom. The monoisotopic (exact) mass is 388 g/mol. The van der Waals surface area contributed by atoms with Gasteiger partial charge in [0.1, 0.15) is 36.5 Å². The normalized spacial score (nSPS) is 11.8. The smallest absolute Gasteiger partial charge is 0.148 e. The van der Waals surface area contributed by atoms with E-state index in [0.29, 0.717) is 11.5 Å². The molecule has 0 aliphatic heterocycles. The highest BCUT2D eigenvalue weighted by atomic mass is 16.5. The van der Waals surface area contributed by atoms with Crippen LogP contribution >= 0.6 is 0 Å². The Balaban J connectivity index is 1.55. The van der Waals surface area contributed by atoms with Crippen LogP contribution in [0.25, 0.3) is 17.1 Å². The van der Waals surface area contributed by atoms with Crippen LogP contribution in [-0.4, -0.2) is 36.9 Å². The third kappa shape index (κ3) is 4.16. The molecule has 4 rings (SSSR count). The van der Waals surface area contributed by atoms with Crippen LogP contribution in [0.5, 0.6) is 5.75 Å². The lowest BCUT2D eigenvalue weighted by Gasteiger charge is -2.13. The van der Waals surface area contributed by atoms with Gasteiger partial charge in [-0.1, -0.05) is 35.5 Å². The van der Waals surface area contributed by atoms with Crippen molar-refractivity contribution in [2.45, 2.75) is 13.5 Å². The predicted molar refractivity (Wildman–Crippen MR) is 108 cm³/mol. The number of hydrogen-bond acceptors (Lipinski definition) is 6. The van der Waals surface area contributed by atoms with E-state index < -0.39 is 0 Å². The number of benzene rings is 2. The molecule has 8 heteroatoms. The molecule has 0 saturated heterocycles. The zero-order chi connectivity index (χ0) is 20.1. The number of rotatable bonds is 7. The Bertz CT molecular complexity index is 1090. The largest absolute Gasteiger partial charge is 0.497 e. The lowest BCUT2D eigenvalue weighted by molar-refractivity contribution is 0.259. The summed E-state index contributed by atoms with van der Waals surface area (Å²) < 4.78 is 14.7. The van der Waals surface area contributed by atoms with Crippen LogP contribution in [0.3, 0.4) is 0 Å². The molecule has 29 heavy (non-hydrogen) atoms. The Hall–Kier alpha value is -3.94. The van der Waals surface area contributed by atoms with Crippen LogP contribution in [-0.2, 0) is 11.3 Å².